The van der Waals surface area contributed by atoms with Crippen molar-refractivity contribution in [1.29, 1.82) is 0 Å². The van der Waals surface area contributed by atoms with E-state index in [1.807, 2.05) is 4.90 Å². The van der Waals surface area contributed by atoms with E-state index >= 15 is 0 Å². The van der Waals surface area contributed by atoms with Crippen LogP contribution in [0.25, 0.3) is 0 Å². The van der Waals surface area contributed by atoms with E-state index in [1.54, 1.807) is 12.1 Å². The van der Waals surface area contributed by atoms with Gasteiger partial charge in [-0.2, -0.15) is 26.3 Å². The van der Waals surface area contributed by atoms with Crippen LogP contribution in [-0.4, -0.2) is 102 Å². The van der Waals surface area contributed by atoms with E-state index in [4.69, 9.17) is 24.5 Å². The molecule has 0 saturated carbocycles. The van der Waals surface area contributed by atoms with E-state index in [0.717, 1.165) is 37.0 Å². The number of nitrogens with one attached hydrogen (secondary N) is 3. The number of amides is 2. The zero-order valence-electron chi connectivity index (χ0n) is 28.8. The maximum absolute atomic E-state index is 13.8. The summed E-state index contributed by atoms with van der Waals surface area (Å²) in [4.78, 5) is 44.4. The lowest BCUT2D eigenvalue weighted by Gasteiger charge is -2.30. The lowest BCUT2D eigenvalue weighted by molar-refractivity contribution is -0.193. The molecule has 1 aliphatic heterocycles. The predicted octanol–water partition coefficient (Wildman–Crippen LogP) is 5.03. The molecule has 53 heavy (non-hydrogen) atoms. The quantitative estimate of drug-likeness (QED) is 0.0771. The van der Waals surface area contributed by atoms with Gasteiger partial charge in [-0.15, -0.1) is 0 Å². The Morgan fingerprint density at radius 1 is 0.906 bits per heavy atom. The molecule has 1 atom stereocenters. The third-order valence-electron chi connectivity index (χ3n) is 7.34. The van der Waals surface area contributed by atoms with Crippen LogP contribution in [0.1, 0.15) is 50.7 Å². The molecule has 12 nitrogen and oxygen atoms in total. The number of nitrogens with zero attached hydrogens (tertiary/aromatic N) is 1. The lowest BCUT2D eigenvalue weighted by Crippen LogP contribution is -2.43. The Hall–Kier alpha value is -4.72. The SMILES string of the molecule is CCCC[C@@H](C)N(CCNCCc1ccc(O)c2c1OCC(=O)N2)C(=O)CCNCCc1cc(F)ccc1F.O=C(O)C(F)(F)F.O=C(O)C(F)(F)F. The molecule has 0 fully saturated rings. The number of anilines is 1. The highest BCUT2D eigenvalue weighted by Crippen LogP contribution is 2.39. The summed E-state index contributed by atoms with van der Waals surface area (Å²) in [6.07, 6.45) is -5.84. The van der Waals surface area contributed by atoms with Crippen LogP contribution >= 0.6 is 0 Å². The highest BCUT2D eigenvalue weighted by Gasteiger charge is 2.39. The minimum absolute atomic E-state index is 0.0272. The fourth-order valence-electron chi connectivity index (χ4n) is 4.63. The van der Waals surface area contributed by atoms with Crippen molar-refractivity contribution in [2.24, 2.45) is 0 Å². The van der Waals surface area contributed by atoms with Crippen LogP contribution in [0.3, 0.4) is 0 Å². The Labute approximate surface area is 299 Å². The summed E-state index contributed by atoms with van der Waals surface area (Å²) in [7, 11) is 0. The van der Waals surface area contributed by atoms with Crippen molar-refractivity contribution in [2.75, 3.05) is 44.6 Å². The average molecular weight is 775 g/mol. The Bertz CT molecular complexity index is 1480. The first-order valence-electron chi connectivity index (χ1n) is 16.2. The second-order valence-electron chi connectivity index (χ2n) is 11.5. The van der Waals surface area contributed by atoms with Crippen LogP contribution in [0.15, 0.2) is 30.3 Å². The Balaban J connectivity index is 0.000000845. The van der Waals surface area contributed by atoms with Gasteiger partial charge in [-0.1, -0.05) is 25.8 Å². The molecule has 20 heteroatoms. The van der Waals surface area contributed by atoms with E-state index in [1.165, 1.54) is 6.07 Å². The number of hydrogen-bond donors (Lipinski definition) is 6. The Morgan fingerprint density at radius 3 is 2.04 bits per heavy atom. The van der Waals surface area contributed by atoms with Crippen LogP contribution in [0.5, 0.6) is 11.5 Å². The molecule has 0 radical (unpaired) electrons. The summed E-state index contributed by atoms with van der Waals surface area (Å²) in [5.74, 6) is -6.18. The molecule has 2 amide bonds. The molecule has 0 saturated heterocycles. The number of carboxylic acid groups (broad SMARTS) is 2. The van der Waals surface area contributed by atoms with Crippen LogP contribution < -0.4 is 20.7 Å². The molecule has 1 heterocycles. The number of unbranched alkanes of at least 4 members (excludes halogenated alkanes) is 1. The summed E-state index contributed by atoms with van der Waals surface area (Å²) in [6.45, 7) is 6.85. The van der Waals surface area contributed by atoms with Gasteiger partial charge in [0.1, 0.15) is 23.1 Å². The summed E-state index contributed by atoms with van der Waals surface area (Å²) in [6, 6.07) is 6.87. The molecule has 0 aromatic heterocycles. The zero-order chi connectivity index (χ0) is 40.4. The summed E-state index contributed by atoms with van der Waals surface area (Å²) in [5.41, 5.74) is 1.50. The number of phenolic OH excluding ortho intramolecular Hbond substituents is 1. The zero-order valence-corrected chi connectivity index (χ0v) is 28.8. The van der Waals surface area contributed by atoms with Crippen molar-refractivity contribution in [3.05, 3.63) is 53.1 Å². The largest absolute Gasteiger partial charge is 0.506 e. The van der Waals surface area contributed by atoms with Gasteiger partial charge in [0.15, 0.2) is 12.4 Å². The number of benzene rings is 2. The monoisotopic (exact) mass is 774 g/mol. The number of halogens is 8. The van der Waals surface area contributed by atoms with E-state index in [0.29, 0.717) is 69.0 Å². The highest BCUT2D eigenvalue weighted by molar-refractivity contribution is 5.97. The van der Waals surface area contributed by atoms with Gasteiger partial charge in [-0.3, -0.25) is 9.59 Å². The second-order valence-corrected chi connectivity index (χ2v) is 11.5. The number of carboxylic acids is 2. The lowest BCUT2D eigenvalue weighted by atomic mass is 10.1. The molecule has 0 bridgehead atoms. The first-order valence-corrected chi connectivity index (χ1v) is 16.2. The second kappa shape index (κ2) is 22.4. The van der Waals surface area contributed by atoms with Crippen molar-refractivity contribution < 1.29 is 74.4 Å². The molecule has 2 aromatic rings. The van der Waals surface area contributed by atoms with E-state index < -0.39 is 35.9 Å². The normalized spacial score (nSPS) is 12.8. The number of phenols is 1. The van der Waals surface area contributed by atoms with Gasteiger partial charge in [0, 0.05) is 32.1 Å². The number of rotatable bonds is 16. The van der Waals surface area contributed by atoms with Crippen molar-refractivity contribution >= 4 is 29.4 Å². The number of carbonyl (C=O) groups excluding carboxylic acids is 2. The van der Waals surface area contributed by atoms with Gasteiger partial charge >= 0.3 is 24.3 Å². The molecule has 0 unspecified atom stereocenters. The first kappa shape index (κ1) is 46.3. The minimum atomic E-state index is -5.08. The molecule has 1 aliphatic rings. The van der Waals surface area contributed by atoms with Crippen LogP contribution in [0.4, 0.5) is 40.8 Å². The maximum atomic E-state index is 13.8. The molecule has 3 rings (SSSR count). The standard InChI is InChI=1S/C29H40F2N4O4.2C2HF3O2/c1-3-4-5-20(2)35(27(38)12-15-32-14-11-22-18-23(30)7-8-24(22)31)17-16-33-13-10-21-6-9-25(36)28-29(21)39-19-26(37)34-28;2*3-2(4,5)1(6)7/h6-9,18,20,32-33,36H,3-5,10-17,19H2,1-2H3,(H,34,37);2*(H,6,7)/t20-;;/m1../s1. The maximum Gasteiger partial charge on any atom is 0.490 e. The topological polar surface area (TPSA) is 178 Å². The van der Waals surface area contributed by atoms with Crippen molar-refractivity contribution in [3.8, 4) is 11.5 Å². The van der Waals surface area contributed by atoms with E-state index in [9.17, 15) is 49.8 Å². The molecule has 0 aliphatic carbocycles. The molecular weight excluding hydrogens is 732 g/mol. The predicted molar refractivity (Wildman–Crippen MR) is 174 cm³/mol. The number of alkyl halides is 6. The Morgan fingerprint density at radius 2 is 1.47 bits per heavy atom. The van der Waals surface area contributed by atoms with E-state index in [2.05, 4.69) is 29.8 Å². The smallest absolute Gasteiger partial charge is 0.490 e. The van der Waals surface area contributed by atoms with Gasteiger partial charge in [0.25, 0.3) is 5.91 Å². The number of ether oxygens (including phenoxy) is 1. The Kier molecular flexibility index (Phi) is 19.5. The minimum Gasteiger partial charge on any atom is -0.506 e. The van der Waals surface area contributed by atoms with Gasteiger partial charge in [0.05, 0.1) is 0 Å². The fraction of sp³-hybridized carbons (Fsp3) is 0.515. The molecule has 0 spiro atoms. The van der Waals surface area contributed by atoms with Crippen LogP contribution in [0, 0.1) is 11.6 Å². The van der Waals surface area contributed by atoms with Crippen molar-refractivity contribution in [3.63, 3.8) is 0 Å². The number of hydrogen-bond acceptors (Lipinski definition) is 8. The van der Waals surface area contributed by atoms with Gasteiger partial charge in [-0.25, -0.2) is 18.4 Å². The number of carbonyl (C=O) groups is 4. The van der Waals surface area contributed by atoms with Gasteiger partial charge in [0.2, 0.25) is 5.91 Å². The van der Waals surface area contributed by atoms with E-state index in [-0.39, 0.29) is 30.2 Å². The van der Waals surface area contributed by atoms with Crippen LogP contribution in [-0.2, 0) is 32.0 Å². The third-order valence-corrected chi connectivity index (χ3v) is 7.34. The summed E-state index contributed by atoms with van der Waals surface area (Å²) in [5, 5.41) is 33.5. The first-order chi connectivity index (χ1) is 24.7. The third kappa shape index (κ3) is 17.6. The summed E-state index contributed by atoms with van der Waals surface area (Å²) >= 11 is 0. The van der Waals surface area contributed by atoms with Crippen LogP contribution in [0.2, 0.25) is 0 Å². The number of fused-ring (bicyclic) bond motifs is 1. The molecule has 6 N–H and O–H groups in total. The van der Waals surface area contributed by atoms with Gasteiger partial charge in [-0.05, 0) is 74.7 Å². The highest BCUT2D eigenvalue weighted by atomic mass is 19.4. The number of aromatic hydroxyl groups is 1. The molecule has 2 aromatic carbocycles. The molecule has 298 valence electrons. The number of aliphatic carboxylic acids is 2. The molecular formula is C33H42F8N4O8. The fourth-order valence-corrected chi connectivity index (χ4v) is 4.63. The van der Waals surface area contributed by atoms with Crippen molar-refractivity contribution in [2.45, 2.75) is 70.8 Å². The summed E-state index contributed by atoms with van der Waals surface area (Å²) < 4.78 is 96.1. The average Bonchev–Trinajstić information content (AvgIpc) is 3.07. The van der Waals surface area contributed by atoms with Gasteiger partial charge < -0.3 is 40.9 Å². The van der Waals surface area contributed by atoms with Crippen molar-refractivity contribution in [1.82, 2.24) is 15.5 Å².